The van der Waals surface area contributed by atoms with Gasteiger partial charge in [0.25, 0.3) is 0 Å². The fraction of sp³-hybridized carbons (Fsp3) is 0.696. The van der Waals surface area contributed by atoms with Gasteiger partial charge >= 0.3 is 5.97 Å². The van der Waals surface area contributed by atoms with Crippen molar-refractivity contribution in [3.8, 4) is 5.75 Å². The molecule has 186 valence electrons. The third-order valence-corrected chi connectivity index (χ3v) is 8.51. The number of hydrogen-bond donors (Lipinski definition) is 0. The Morgan fingerprint density at radius 1 is 1.03 bits per heavy atom. The van der Waals surface area contributed by atoms with Crippen molar-refractivity contribution >= 4 is 21.7 Å². The Morgan fingerprint density at radius 2 is 1.64 bits per heavy atom. The van der Waals surface area contributed by atoms with Crippen LogP contribution in [0.1, 0.15) is 33.6 Å². The summed E-state index contributed by atoms with van der Waals surface area (Å²) in [5, 5.41) is 0. The second-order valence-corrected chi connectivity index (χ2v) is 11.6. The molecule has 0 bridgehead atoms. The predicted octanol–water partition coefficient (Wildman–Crippen LogP) is 2.05. The Labute approximate surface area is 197 Å². The van der Waals surface area contributed by atoms with Gasteiger partial charge in [0.1, 0.15) is 18.0 Å². The van der Waals surface area contributed by atoms with Crippen molar-refractivity contribution in [2.75, 3.05) is 64.6 Å². The quantitative estimate of drug-likeness (QED) is 0.409. The molecule has 33 heavy (non-hydrogen) atoms. The number of nitrogens with zero attached hydrogens (tertiary/aromatic N) is 2. The van der Waals surface area contributed by atoms with Crippen LogP contribution in [0.3, 0.4) is 0 Å². The number of ether oxygens (including phenoxy) is 4. The monoisotopic (exact) mass is 484 g/mol. The van der Waals surface area contributed by atoms with Crippen molar-refractivity contribution < 1.29 is 32.2 Å². The Bertz CT molecular complexity index is 882. The zero-order valence-electron chi connectivity index (χ0n) is 20.0. The van der Waals surface area contributed by atoms with E-state index in [2.05, 4.69) is 4.90 Å². The van der Waals surface area contributed by atoms with Crippen LogP contribution in [0.15, 0.2) is 24.3 Å². The molecular formula is C23H36N2O7S. The highest BCUT2D eigenvalue weighted by atomic mass is 32.2. The number of methoxy groups -OCH3 is 1. The highest BCUT2D eigenvalue weighted by Crippen LogP contribution is 2.36. The van der Waals surface area contributed by atoms with Crippen LogP contribution in [0.5, 0.6) is 5.75 Å². The van der Waals surface area contributed by atoms with Crippen molar-refractivity contribution in [2.24, 2.45) is 0 Å². The molecule has 2 fully saturated rings. The number of esters is 1. The molecule has 0 spiro atoms. The van der Waals surface area contributed by atoms with E-state index in [0.29, 0.717) is 39.4 Å². The SMILES string of the molecule is COCCOc1ccc(N2CCN(S(=O)(=O)C3(C(=O)OC(C)(C)C)CCOCC3)CC2)cc1. The van der Waals surface area contributed by atoms with Gasteiger partial charge in [0.15, 0.2) is 4.75 Å². The van der Waals surface area contributed by atoms with E-state index in [1.807, 2.05) is 24.3 Å². The third-order valence-electron chi connectivity index (χ3n) is 5.90. The van der Waals surface area contributed by atoms with Gasteiger partial charge in [-0.25, -0.2) is 8.42 Å². The van der Waals surface area contributed by atoms with Crippen LogP contribution in [0.2, 0.25) is 0 Å². The summed E-state index contributed by atoms with van der Waals surface area (Å²) in [6.07, 6.45) is 0.212. The molecule has 0 aromatic heterocycles. The number of anilines is 1. The smallest absolute Gasteiger partial charge is 0.329 e. The number of rotatable bonds is 8. The van der Waals surface area contributed by atoms with Crippen molar-refractivity contribution in [2.45, 2.75) is 44.0 Å². The van der Waals surface area contributed by atoms with Gasteiger partial charge in [-0.05, 0) is 45.0 Å². The molecule has 2 saturated heterocycles. The van der Waals surface area contributed by atoms with Crippen molar-refractivity contribution in [1.82, 2.24) is 4.31 Å². The minimum atomic E-state index is -3.92. The van der Waals surface area contributed by atoms with E-state index >= 15 is 0 Å². The van der Waals surface area contributed by atoms with Gasteiger partial charge in [-0.15, -0.1) is 0 Å². The molecule has 0 N–H and O–H groups in total. The maximum Gasteiger partial charge on any atom is 0.329 e. The zero-order chi connectivity index (χ0) is 24.1. The molecule has 1 aromatic rings. The molecule has 2 aliphatic rings. The summed E-state index contributed by atoms with van der Waals surface area (Å²) in [6, 6.07) is 7.72. The third kappa shape index (κ3) is 5.98. The van der Waals surface area contributed by atoms with E-state index in [1.165, 1.54) is 4.31 Å². The molecule has 0 amide bonds. The van der Waals surface area contributed by atoms with Crippen molar-refractivity contribution in [3.63, 3.8) is 0 Å². The molecule has 10 heteroatoms. The van der Waals surface area contributed by atoms with Gasteiger partial charge in [-0.3, -0.25) is 4.79 Å². The summed E-state index contributed by atoms with van der Waals surface area (Å²) in [7, 11) is -2.29. The fourth-order valence-corrected chi connectivity index (χ4v) is 6.14. The van der Waals surface area contributed by atoms with E-state index in [-0.39, 0.29) is 26.1 Å². The molecule has 2 aliphatic heterocycles. The molecule has 0 unspecified atom stereocenters. The normalized spacial score (nSPS) is 19.8. The first-order valence-corrected chi connectivity index (χ1v) is 12.8. The van der Waals surface area contributed by atoms with Crippen LogP contribution in [0.25, 0.3) is 0 Å². The second-order valence-electron chi connectivity index (χ2n) is 9.33. The molecule has 0 atom stereocenters. The van der Waals surface area contributed by atoms with Gasteiger partial charge < -0.3 is 23.8 Å². The first-order valence-electron chi connectivity index (χ1n) is 11.4. The van der Waals surface area contributed by atoms with E-state index in [1.54, 1.807) is 27.9 Å². The van der Waals surface area contributed by atoms with Gasteiger partial charge in [0, 0.05) is 65.0 Å². The number of hydrogen-bond acceptors (Lipinski definition) is 8. The maximum absolute atomic E-state index is 13.7. The van der Waals surface area contributed by atoms with Crippen LogP contribution in [0.4, 0.5) is 5.69 Å². The lowest BCUT2D eigenvalue weighted by Gasteiger charge is -2.42. The van der Waals surface area contributed by atoms with E-state index in [9.17, 15) is 13.2 Å². The zero-order valence-corrected chi connectivity index (χ0v) is 20.9. The summed E-state index contributed by atoms with van der Waals surface area (Å²) in [5.41, 5.74) is 0.231. The Hall–Kier alpha value is -1.88. The van der Waals surface area contributed by atoms with Crippen LogP contribution < -0.4 is 9.64 Å². The Balaban J connectivity index is 1.68. The van der Waals surface area contributed by atoms with Gasteiger partial charge in [0.2, 0.25) is 10.0 Å². The fourth-order valence-electron chi connectivity index (χ4n) is 4.07. The van der Waals surface area contributed by atoms with Crippen molar-refractivity contribution in [3.05, 3.63) is 24.3 Å². The highest BCUT2D eigenvalue weighted by Gasteiger charge is 2.56. The number of piperazine rings is 1. The standard InChI is InChI=1S/C23H36N2O7S/c1-22(2,3)32-21(26)23(9-15-30-16-10-23)33(27,28)25-13-11-24(12-14-25)19-5-7-20(8-6-19)31-18-17-29-4/h5-8H,9-18H2,1-4H3. The first kappa shape index (κ1) is 25.7. The minimum absolute atomic E-state index is 0.106. The Kier molecular flexibility index (Phi) is 8.26. The van der Waals surface area contributed by atoms with Crippen LogP contribution in [-0.4, -0.2) is 88.8 Å². The Morgan fingerprint density at radius 3 is 2.18 bits per heavy atom. The van der Waals surface area contributed by atoms with Crippen LogP contribution in [-0.2, 0) is 29.0 Å². The highest BCUT2D eigenvalue weighted by molar-refractivity contribution is 7.91. The van der Waals surface area contributed by atoms with Crippen LogP contribution >= 0.6 is 0 Å². The maximum atomic E-state index is 13.7. The summed E-state index contributed by atoms with van der Waals surface area (Å²) in [6.45, 7) is 8.36. The average Bonchev–Trinajstić information content (AvgIpc) is 2.79. The lowest BCUT2D eigenvalue weighted by molar-refractivity contribution is -0.161. The lowest BCUT2D eigenvalue weighted by atomic mass is 9.99. The molecule has 9 nitrogen and oxygen atoms in total. The second kappa shape index (κ2) is 10.6. The number of carbonyl (C=O) groups excluding carboxylic acids is 1. The van der Waals surface area contributed by atoms with E-state index in [4.69, 9.17) is 18.9 Å². The molecule has 2 heterocycles. The topological polar surface area (TPSA) is 94.6 Å². The molecule has 0 saturated carbocycles. The average molecular weight is 485 g/mol. The largest absolute Gasteiger partial charge is 0.491 e. The summed E-state index contributed by atoms with van der Waals surface area (Å²) in [5.74, 6) is 0.0839. The number of benzene rings is 1. The van der Waals surface area contributed by atoms with E-state index < -0.39 is 26.3 Å². The van der Waals surface area contributed by atoms with Crippen molar-refractivity contribution in [1.29, 1.82) is 0 Å². The van der Waals surface area contributed by atoms with Gasteiger partial charge in [0.05, 0.1) is 6.61 Å². The summed E-state index contributed by atoms with van der Waals surface area (Å²) in [4.78, 5) is 15.3. The number of sulfonamides is 1. The molecule has 0 aliphatic carbocycles. The first-order chi connectivity index (χ1) is 15.6. The van der Waals surface area contributed by atoms with Crippen LogP contribution in [0, 0.1) is 0 Å². The number of carbonyl (C=O) groups is 1. The molecule has 0 radical (unpaired) electrons. The van der Waals surface area contributed by atoms with Gasteiger partial charge in [-0.1, -0.05) is 0 Å². The minimum Gasteiger partial charge on any atom is -0.491 e. The van der Waals surface area contributed by atoms with E-state index in [0.717, 1.165) is 11.4 Å². The summed E-state index contributed by atoms with van der Waals surface area (Å²) >= 11 is 0. The molecular weight excluding hydrogens is 448 g/mol. The predicted molar refractivity (Wildman–Crippen MR) is 125 cm³/mol. The molecule has 1 aromatic carbocycles. The van der Waals surface area contributed by atoms with Gasteiger partial charge in [-0.2, -0.15) is 4.31 Å². The molecule has 3 rings (SSSR count). The summed E-state index contributed by atoms with van der Waals surface area (Å²) < 4.78 is 48.8. The lowest BCUT2D eigenvalue weighted by Crippen LogP contribution is -2.61.